The van der Waals surface area contributed by atoms with Crippen molar-refractivity contribution in [2.45, 2.75) is 13.0 Å². The SMILES string of the molecule is Cc1nc(N)nc(-c2cccc(C(=O)NC[C@@H]3CN(C)CCO3)c2)c1Cl. The summed E-state index contributed by atoms with van der Waals surface area (Å²) in [4.78, 5) is 22.9. The second-order valence-electron chi connectivity index (χ2n) is 6.38. The van der Waals surface area contributed by atoms with Crippen LogP contribution in [0.1, 0.15) is 16.1 Å². The Bertz CT molecular complexity index is 814. The Balaban J connectivity index is 1.74. The molecule has 2 heterocycles. The predicted molar refractivity (Wildman–Crippen MR) is 101 cm³/mol. The van der Waals surface area contributed by atoms with Gasteiger partial charge in [0.15, 0.2) is 0 Å². The van der Waals surface area contributed by atoms with Crippen LogP contribution in [0.25, 0.3) is 11.3 Å². The maximum Gasteiger partial charge on any atom is 0.251 e. The van der Waals surface area contributed by atoms with E-state index in [-0.39, 0.29) is 18.0 Å². The van der Waals surface area contributed by atoms with Gasteiger partial charge in [0, 0.05) is 30.8 Å². The lowest BCUT2D eigenvalue weighted by molar-refractivity contribution is -0.0175. The maximum absolute atomic E-state index is 12.5. The number of hydrogen-bond donors (Lipinski definition) is 2. The molecular weight excluding hydrogens is 354 g/mol. The van der Waals surface area contributed by atoms with Crippen LogP contribution in [0.2, 0.25) is 5.02 Å². The molecule has 3 rings (SSSR count). The number of likely N-dealkylation sites (N-methyl/N-ethyl adjacent to an activating group) is 1. The van der Waals surface area contributed by atoms with Crippen LogP contribution in [0.15, 0.2) is 24.3 Å². The quantitative estimate of drug-likeness (QED) is 0.845. The summed E-state index contributed by atoms with van der Waals surface area (Å²) in [6.07, 6.45) is -0.000334. The average Bonchev–Trinajstić information content (AvgIpc) is 2.63. The zero-order valence-corrected chi connectivity index (χ0v) is 15.6. The number of benzene rings is 1. The van der Waals surface area contributed by atoms with Crippen molar-refractivity contribution in [1.29, 1.82) is 0 Å². The highest BCUT2D eigenvalue weighted by Gasteiger charge is 2.19. The van der Waals surface area contributed by atoms with E-state index in [1.165, 1.54) is 0 Å². The van der Waals surface area contributed by atoms with Crippen molar-refractivity contribution in [3.05, 3.63) is 40.5 Å². The summed E-state index contributed by atoms with van der Waals surface area (Å²) in [7, 11) is 2.04. The van der Waals surface area contributed by atoms with Gasteiger partial charge < -0.3 is 20.7 Å². The number of nitrogens with zero attached hydrogens (tertiary/aromatic N) is 3. The largest absolute Gasteiger partial charge is 0.374 e. The summed E-state index contributed by atoms with van der Waals surface area (Å²) < 4.78 is 5.67. The van der Waals surface area contributed by atoms with E-state index in [2.05, 4.69) is 20.2 Å². The molecule has 2 aromatic rings. The third-order valence-electron chi connectivity index (χ3n) is 4.26. The average molecular weight is 376 g/mol. The number of ether oxygens (including phenoxy) is 1. The Hall–Kier alpha value is -2.22. The van der Waals surface area contributed by atoms with Crippen LogP contribution in [0.3, 0.4) is 0 Å². The van der Waals surface area contributed by atoms with Crippen molar-refractivity contribution in [3.8, 4) is 11.3 Å². The fourth-order valence-corrected chi connectivity index (χ4v) is 3.07. The molecule has 26 heavy (non-hydrogen) atoms. The Morgan fingerprint density at radius 2 is 2.27 bits per heavy atom. The minimum Gasteiger partial charge on any atom is -0.374 e. The number of carbonyl (C=O) groups excluding carboxylic acids is 1. The van der Waals surface area contributed by atoms with Gasteiger partial charge in [0.2, 0.25) is 5.95 Å². The van der Waals surface area contributed by atoms with Crippen LogP contribution in [0.4, 0.5) is 5.95 Å². The fourth-order valence-electron chi connectivity index (χ4n) is 2.88. The van der Waals surface area contributed by atoms with Gasteiger partial charge in [-0.3, -0.25) is 4.79 Å². The highest BCUT2D eigenvalue weighted by Crippen LogP contribution is 2.29. The molecule has 1 aromatic carbocycles. The van der Waals surface area contributed by atoms with Gasteiger partial charge in [-0.05, 0) is 26.1 Å². The highest BCUT2D eigenvalue weighted by molar-refractivity contribution is 6.33. The van der Waals surface area contributed by atoms with E-state index in [0.29, 0.717) is 40.7 Å². The summed E-state index contributed by atoms with van der Waals surface area (Å²) in [5.41, 5.74) is 8.09. The van der Waals surface area contributed by atoms with Gasteiger partial charge in [-0.15, -0.1) is 0 Å². The van der Waals surface area contributed by atoms with Crippen molar-refractivity contribution < 1.29 is 9.53 Å². The summed E-state index contributed by atoms with van der Waals surface area (Å²) in [6, 6.07) is 7.12. The molecule has 0 radical (unpaired) electrons. The van der Waals surface area contributed by atoms with Crippen LogP contribution in [0, 0.1) is 6.92 Å². The number of aromatic nitrogens is 2. The van der Waals surface area contributed by atoms with Gasteiger partial charge in [0.25, 0.3) is 5.91 Å². The Kier molecular flexibility index (Phi) is 5.70. The molecule has 7 nitrogen and oxygen atoms in total. The van der Waals surface area contributed by atoms with E-state index < -0.39 is 0 Å². The Morgan fingerprint density at radius 1 is 1.46 bits per heavy atom. The summed E-state index contributed by atoms with van der Waals surface area (Å²) in [6.45, 7) is 4.62. The molecule has 1 amide bonds. The topological polar surface area (TPSA) is 93.4 Å². The number of amides is 1. The summed E-state index contributed by atoms with van der Waals surface area (Å²) in [5.74, 6) is -0.0196. The van der Waals surface area contributed by atoms with Crippen molar-refractivity contribution in [2.75, 3.05) is 39.0 Å². The second-order valence-corrected chi connectivity index (χ2v) is 6.75. The minimum atomic E-state index is -0.168. The van der Waals surface area contributed by atoms with E-state index in [1.54, 1.807) is 25.1 Å². The number of morpholine rings is 1. The number of rotatable bonds is 4. The predicted octanol–water partition coefficient (Wildman–Crippen LogP) is 1.75. The number of nitrogen functional groups attached to an aromatic ring is 1. The molecule has 1 aliphatic heterocycles. The molecule has 3 N–H and O–H groups in total. The van der Waals surface area contributed by atoms with Gasteiger partial charge in [-0.1, -0.05) is 23.7 Å². The first-order chi connectivity index (χ1) is 12.4. The fraction of sp³-hybridized carbons (Fsp3) is 0.389. The van der Waals surface area contributed by atoms with E-state index in [0.717, 1.165) is 13.1 Å². The normalized spacial score (nSPS) is 17.9. The van der Waals surface area contributed by atoms with Crippen molar-refractivity contribution >= 4 is 23.5 Å². The van der Waals surface area contributed by atoms with E-state index >= 15 is 0 Å². The molecule has 0 unspecified atom stereocenters. The van der Waals surface area contributed by atoms with Gasteiger partial charge >= 0.3 is 0 Å². The number of nitrogens with one attached hydrogen (secondary N) is 1. The van der Waals surface area contributed by atoms with Crippen LogP contribution in [0.5, 0.6) is 0 Å². The molecule has 0 saturated carbocycles. The monoisotopic (exact) mass is 375 g/mol. The lowest BCUT2D eigenvalue weighted by Crippen LogP contribution is -2.45. The molecule has 8 heteroatoms. The number of halogens is 1. The van der Waals surface area contributed by atoms with Crippen LogP contribution in [-0.4, -0.2) is 60.2 Å². The third kappa shape index (κ3) is 4.30. The van der Waals surface area contributed by atoms with Crippen LogP contribution >= 0.6 is 11.6 Å². The molecule has 1 atom stereocenters. The molecule has 0 spiro atoms. The lowest BCUT2D eigenvalue weighted by Gasteiger charge is -2.30. The second kappa shape index (κ2) is 7.99. The van der Waals surface area contributed by atoms with Gasteiger partial charge in [0.1, 0.15) is 0 Å². The zero-order chi connectivity index (χ0) is 18.7. The molecule has 1 aliphatic rings. The zero-order valence-electron chi connectivity index (χ0n) is 14.8. The van der Waals surface area contributed by atoms with Crippen molar-refractivity contribution in [2.24, 2.45) is 0 Å². The first-order valence-corrected chi connectivity index (χ1v) is 8.80. The highest BCUT2D eigenvalue weighted by atomic mass is 35.5. The van der Waals surface area contributed by atoms with E-state index in [9.17, 15) is 4.79 Å². The van der Waals surface area contributed by atoms with Gasteiger partial charge in [0.05, 0.1) is 29.1 Å². The summed E-state index contributed by atoms with van der Waals surface area (Å²) in [5, 5.41) is 3.35. The molecule has 0 bridgehead atoms. The number of hydrogen-bond acceptors (Lipinski definition) is 6. The van der Waals surface area contributed by atoms with Gasteiger partial charge in [-0.25, -0.2) is 9.97 Å². The molecule has 1 saturated heterocycles. The number of carbonyl (C=O) groups is 1. The smallest absolute Gasteiger partial charge is 0.251 e. The standard InChI is InChI=1S/C18H22ClN5O2/c1-11-15(19)16(23-18(20)22-11)12-4-3-5-13(8-12)17(25)21-9-14-10-24(2)6-7-26-14/h3-5,8,14H,6-7,9-10H2,1-2H3,(H,21,25)(H2,20,22,23)/t14-/m1/s1. The molecule has 138 valence electrons. The van der Waals surface area contributed by atoms with Crippen LogP contribution < -0.4 is 11.1 Å². The Morgan fingerprint density at radius 3 is 3.04 bits per heavy atom. The summed E-state index contributed by atoms with van der Waals surface area (Å²) >= 11 is 6.31. The van der Waals surface area contributed by atoms with E-state index in [1.807, 2.05) is 13.1 Å². The first-order valence-electron chi connectivity index (χ1n) is 8.42. The lowest BCUT2D eigenvalue weighted by atomic mass is 10.1. The first kappa shape index (κ1) is 18.6. The van der Waals surface area contributed by atoms with Crippen molar-refractivity contribution in [3.63, 3.8) is 0 Å². The molecule has 1 aromatic heterocycles. The third-order valence-corrected chi connectivity index (χ3v) is 4.72. The molecule has 1 fully saturated rings. The molecular formula is C18H22ClN5O2. The van der Waals surface area contributed by atoms with Gasteiger partial charge in [-0.2, -0.15) is 0 Å². The molecule has 0 aliphatic carbocycles. The van der Waals surface area contributed by atoms with Crippen LogP contribution in [-0.2, 0) is 4.74 Å². The minimum absolute atomic E-state index is 0.000334. The number of nitrogens with two attached hydrogens (primary N) is 1. The maximum atomic E-state index is 12.5. The van der Waals surface area contributed by atoms with E-state index in [4.69, 9.17) is 22.1 Å². The number of anilines is 1. The Labute approximate surface area is 157 Å². The number of aryl methyl sites for hydroxylation is 1. The van der Waals surface area contributed by atoms with Crippen molar-refractivity contribution in [1.82, 2.24) is 20.2 Å².